The Balaban J connectivity index is 1.43. The van der Waals surface area contributed by atoms with Crippen LogP contribution in [0.1, 0.15) is 88.2 Å². The van der Waals surface area contributed by atoms with E-state index in [4.69, 9.17) is 0 Å². The molecular weight excluding hydrogens is 455 g/mol. The average molecular weight is 489 g/mol. The second-order valence-corrected chi connectivity index (χ2v) is 10.0. The molecular formula is C30H33F5. The van der Waals surface area contributed by atoms with Gasteiger partial charge in [0, 0.05) is 10.9 Å². The van der Waals surface area contributed by atoms with Crippen LogP contribution in [-0.2, 0) is 6.18 Å². The lowest BCUT2D eigenvalue weighted by Crippen LogP contribution is -2.13. The SMILES string of the molecule is CCCCCCCC1CCC(c2ccc(-c3ccc4c(F)c(C(F)(F)F)ccc4c3)c(F)c2)CC1. The minimum Gasteiger partial charge on any atom is -0.206 e. The van der Waals surface area contributed by atoms with Gasteiger partial charge in [-0.05, 0) is 72.2 Å². The molecule has 0 saturated heterocycles. The van der Waals surface area contributed by atoms with E-state index in [0.717, 1.165) is 30.4 Å². The van der Waals surface area contributed by atoms with E-state index in [1.54, 1.807) is 18.2 Å². The first-order valence-corrected chi connectivity index (χ1v) is 12.9. The minimum absolute atomic E-state index is 0.122. The first-order chi connectivity index (χ1) is 16.8. The second-order valence-electron chi connectivity index (χ2n) is 10.0. The molecule has 0 nitrogen and oxygen atoms in total. The highest BCUT2D eigenvalue weighted by Gasteiger charge is 2.34. The maximum Gasteiger partial charge on any atom is 0.419 e. The van der Waals surface area contributed by atoms with Crippen LogP contribution in [0, 0.1) is 17.6 Å². The van der Waals surface area contributed by atoms with Crippen molar-refractivity contribution < 1.29 is 22.0 Å². The van der Waals surface area contributed by atoms with Crippen LogP contribution in [0.2, 0.25) is 0 Å². The van der Waals surface area contributed by atoms with Crippen molar-refractivity contribution in [2.45, 2.75) is 83.2 Å². The van der Waals surface area contributed by atoms with Gasteiger partial charge in [0.1, 0.15) is 11.6 Å². The van der Waals surface area contributed by atoms with Gasteiger partial charge >= 0.3 is 6.18 Å². The Morgan fingerprint density at radius 3 is 2.23 bits per heavy atom. The zero-order chi connectivity index (χ0) is 25.0. The maximum absolute atomic E-state index is 15.1. The average Bonchev–Trinajstić information content (AvgIpc) is 2.83. The summed E-state index contributed by atoms with van der Waals surface area (Å²) in [5, 5.41) is 0.187. The molecule has 3 aromatic rings. The Hall–Kier alpha value is -2.43. The molecule has 1 aliphatic rings. The van der Waals surface area contributed by atoms with Crippen LogP contribution in [0.4, 0.5) is 22.0 Å². The van der Waals surface area contributed by atoms with Crippen LogP contribution in [-0.4, -0.2) is 0 Å². The lowest BCUT2D eigenvalue weighted by atomic mass is 9.77. The zero-order valence-corrected chi connectivity index (χ0v) is 20.2. The van der Waals surface area contributed by atoms with Crippen molar-refractivity contribution in [2.24, 2.45) is 5.92 Å². The van der Waals surface area contributed by atoms with Crippen LogP contribution in [0.15, 0.2) is 48.5 Å². The third-order valence-corrected chi connectivity index (χ3v) is 7.60. The molecule has 0 unspecified atom stereocenters. The van der Waals surface area contributed by atoms with Crippen LogP contribution in [0.25, 0.3) is 21.9 Å². The predicted molar refractivity (Wildman–Crippen MR) is 132 cm³/mol. The van der Waals surface area contributed by atoms with Crippen molar-refractivity contribution >= 4 is 10.8 Å². The lowest BCUT2D eigenvalue weighted by Gasteiger charge is -2.29. The summed E-state index contributed by atoms with van der Waals surface area (Å²) in [6.07, 6.45) is 7.64. The number of hydrogen-bond acceptors (Lipinski definition) is 0. The molecule has 0 aliphatic heterocycles. The molecule has 1 aliphatic carbocycles. The number of halogens is 5. The number of rotatable bonds is 8. The summed E-state index contributed by atoms with van der Waals surface area (Å²) in [6.45, 7) is 2.23. The van der Waals surface area contributed by atoms with Crippen LogP contribution in [0.5, 0.6) is 0 Å². The van der Waals surface area contributed by atoms with Gasteiger partial charge in [-0.25, -0.2) is 8.78 Å². The fourth-order valence-electron chi connectivity index (χ4n) is 5.52. The van der Waals surface area contributed by atoms with Gasteiger partial charge in [0.15, 0.2) is 0 Å². The van der Waals surface area contributed by atoms with Gasteiger partial charge < -0.3 is 0 Å². The van der Waals surface area contributed by atoms with Crippen molar-refractivity contribution in [2.75, 3.05) is 0 Å². The molecule has 0 radical (unpaired) electrons. The van der Waals surface area contributed by atoms with E-state index in [1.807, 2.05) is 6.07 Å². The van der Waals surface area contributed by atoms with Crippen molar-refractivity contribution in [3.63, 3.8) is 0 Å². The Morgan fingerprint density at radius 1 is 0.800 bits per heavy atom. The Bertz CT molecular complexity index is 1140. The first-order valence-electron chi connectivity index (χ1n) is 12.9. The van der Waals surface area contributed by atoms with Crippen molar-refractivity contribution in [3.05, 3.63) is 71.3 Å². The third-order valence-electron chi connectivity index (χ3n) is 7.60. The molecule has 5 heteroatoms. The molecule has 0 amide bonds. The van der Waals surface area contributed by atoms with Gasteiger partial charge in [-0.3, -0.25) is 0 Å². The summed E-state index contributed by atoms with van der Waals surface area (Å²) in [6, 6.07) is 11.6. The normalized spacial score (nSPS) is 18.8. The Kier molecular flexibility index (Phi) is 8.13. The Labute approximate surface area is 204 Å². The number of unbranched alkanes of at least 4 members (excludes halogenated alkanes) is 4. The largest absolute Gasteiger partial charge is 0.419 e. The highest BCUT2D eigenvalue weighted by molar-refractivity contribution is 5.88. The van der Waals surface area contributed by atoms with E-state index in [-0.39, 0.29) is 11.2 Å². The molecule has 0 aromatic heterocycles. The summed E-state index contributed by atoms with van der Waals surface area (Å²) in [5.74, 6) is -0.504. The minimum atomic E-state index is -4.76. The zero-order valence-electron chi connectivity index (χ0n) is 20.2. The van der Waals surface area contributed by atoms with Crippen molar-refractivity contribution in [3.8, 4) is 11.1 Å². The monoisotopic (exact) mass is 488 g/mol. The summed E-state index contributed by atoms with van der Waals surface area (Å²) in [4.78, 5) is 0. The number of fused-ring (bicyclic) bond motifs is 1. The first kappa shape index (κ1) is 25.7. The molecule has 35 heavy (non-hydrogen) atoms. The summed E-state index contributed by atoms with van der Waals surface area (Å²) in [7, 11) is 0. The standard InChI is InChI=1S/C30H33F5/c1-2-3-4-5-6-7-20-8-10-21(11-9-20)22-12-15-25(28(31)19-22)23-13-16-26-24(18-23)14-17-27(29(26)32)30(33,34)35/h12-21H,2-11H2,1H3. The van der Waals surface area contributed by atoms with E-state index in [9.17, 15) is 17.6 Å². The lowest BCUT2D eigenvalue weighted by molar-refractivity contribution is -0.139. The molecule has 3 aromatic carbocycles. The highest BCUT2D eigenvalue weighted by Crippen LogP contribution is 2.40. The van der Waals surface area contributed by atoms with Gasteiger partial charge in [-0.2, -0.15) is 13.2 Å². The fourth-order valence-corrected chi connectivity index (χ4v) is 5.52. The topological polar surface area (TPSA) is 0 Å². The molecule has 188 valence electrons. The summed E-state index contributed by atoms with van der Waals surface area (Å²) >= 11 is 0. The Morgan fingerprint density at radius 2 is 1.54 bits per heavy atom. The molecule has 0 bridgehead atoms. The van der Waals surface area contributed by atoms with Crippen molar-refractivity contribution in [1.29, 1.82) is 0 Å². The predicted octanol–water partition coefficient (Wildman–Crippen LogP) is 10.4. The van der Waals surface area contributed by atoms with Gasteiger partial charge in [0.25, 0.3) is 0 Å². The van der Waals surface area contributed by atoms with Crippen LogP contribution in [0.3, 0.4) is 0 Å². The molecule has 0 N–H and O–H groups in total. The van der Waals surface area contributed by atoms with E-state index in [0.29, 0.717) is 22.4 Å². The van der Waals surface area contributed by atoms with Crippen molar-refractivity contribution in [1.82, 2.24) is 0 Å². The van der Waals surface area contributed by atoms with E-state index >= 15 is 4.39 Å². The van der Waals surface area contributed by atoms with E-state index < -0.39 is 17.6 Å². The fraction of sp³-hybridized carbons (Fsp3) is 0.467. The van der Waals surface area contributed by atoms with Crippen LogP contribution >= 0.6 is 0 Å². The molecule has 0 heterocycles. The number of benzene rings is 3. The summed E-state index contributed by atoms with van der Waals surface area (Å²) in [5.41, 5.74) is 0.609. The van der Waals surface area contributed by atoms with Gasteiger partial charge in [0.05, 0.1) is 5.56 Å². The van der Waals surface area contributed by atoms with E-state index in [2.05, 4.69) is 6.92 Å². The third kappa shape index (κ3) is 6.05. The highest BCUT2D eigenvalue weighted by atomic mass is 19.4. The molecule has 1 saturated carbocycles. The number of alkyl halides is 3. The van der Waals surface area contributed by atoms with Gasteiger partial charge in [0.2, 0.25) is 0 Å². The molecule has 0 spiro atoms. The van der Waals surface area contributed by atoms with Crippen LogP contribution < -0.4 is 0 Å². The molecule has 4 rings (SSSR count). The quantitative estimate of drug-likeness (QED) is 0.218. The van der Waals surface area contributed by atoms with Gasteiger partial charge in [-0.15, -0.1) is 0 Å². The van der Waals surface area contributed by atoms with Gasteiger partial charge in [-0.1, -0.05) is 75.8 Å². The smallest absolute Gasteiger partial charge is 0.206 e. The molecule has 0 atom stereocenters. The molecule has 1 fully saturated rings. The number of hydrogen-bond donors (Lipinski definition) is 0. The maximum atomic E-state index is 15.1. The summed E-state index contributed by atoms with van der Waals surface area (Å²) < 4.78 is 68.5. The second kappa shape index (κ2) is 11.1. The van der Waals surface area contributed by atoms with E-state index in [1.165, 1.54) is 69.6 Å².